The molecule has 6 nitrogen and oxygen atoms in total. The molecule has 0 amide bonds. The molecule has 0 saturated carbocycles. The summed E-state index contributed by atoms with van der Waals surface area (Å²) in [6.45, 7) is 1.63. The highest BCUT2D eigenvalue weighted by Gasteiger charge is 2.23. The van der Waals surface area contributed by atoms with Gasteiger partial charge in [0.05, 0.1) is 14.2 Å². The number of hydrogen-bond donors (Lipinski definition) is 1. The van der Waals surface area contributed by atoms with Gasteiger partial charge in [-0.05, 0) is 18.2 Å². The topological polar surface area (TPSA) is 67.5 Å². The monoisotopic (exact) mass is 337 g/mol. The number of esters is 1. The van der Waals surface area contributed by atoms with Gasteiger partial charge in [-0.25, -0.2) is 4.79 Å². The summed E-state index contributed by atoms with van der Waals surface area (Å²) < 4.78 is 10.1. The number of H-pyrrole nitrogens is 1. The summed E-state index contributed by atoms with van der Waals surface area (Å²) in [5, 5.41) is 1.25. The van der Waals surface area contributed by atoms with E-state index < -0.39 is 5.97 Å². The summed E-state index contributed by atoms with van der Waals surface area (Å²) in [7, 11) is 2.85. The van der Waals surface area contributed by atoms with E-state index in [-0.39, 0.29) is 5.88 Å². The van der Waals surface area contributed by atoms with Crippen LogP contribution in [0.2, 0.25) is 0 Å². The molecule has 0 atom stereocenters. The number of nitrogens with zero attached hydrogens (tertiary/aromatic N) is 2. The highest BCUT2D eigenvalue weighted by Crippen LogP contribution is 2.30. The number of aromatic nitrogens is 2. The first-order valence-corrected chi connectivity index (χ1v) is 8.18. The van der Waals surface area contributed by atoms with Crippen molar-refractivity contribution in [2.24, 2.45) is 0 Å². The van der Waals surface area contributed by atoms with E-state index in [1.807, 2.05) is 12.1 Å². The molecule has 6 heteroatoms. The number of fused-ring (bicyclic) bond motifs is 3. The van der Waals surface area contributed by atoms with Gasteiger partial charge in [-0.2, -0.15) is 4.98 Å². The first-order valence-electron chi connectivity index (χ1n) is 8.18. The molecule has 1 aliphatic rings. The van der Waals surface area contributed by atoms with Crippen LogP contribution in [0.3, 0.4) is 0 Å². The molecule has 25 heavy (non-hydrogen) atoms. The van der Waals surface area contributed by atoms with Crippen molar-refractivity contribution in [1.29, 1.82) is 0 Å². The summed E-state index contributed by atoms with van der Waals surface area (Å²) in [6.07, 6.45) is 0.923. The van der Waals surface area contributed by atoms with Crippen molar-refractivity contribution in [3.05, 3.63) is 53.2 Å². The molecule has 3 aromatic rings. The molecule has 2 aromatic heterocycles. The summed E-state index contributed by atoms with van der Waals surface area (Å²) in [4.78, 5) is 22.0. The highest BCUT2D eigenvalue weighted by atomic mass is 16.5. The van der Waals surface area contributed by atoms with E-state index >= 15 is 0 Å². The number of aromatic amines is 1. The SMILES string of the molecule is COC(=O)c1ccc(N2CCc3[nH]c4ccccc4c3C2)nc1OC. The fraction of sp³-hybridized carbons (Fsp3) is 0.263. The number of nitrogens with one attached hydrogen (secondary N) is 1. The van der Waals surface area contributed by atoms with Gasteiger partial charge in [0.1, 0.15) is 11.4 Å². The molecule has 128 valence electrons. The van der Waals surface area contributed by atoms with E-state index in [9.17, 15) is 4.79 Å². The fourth-order valence-electron chi connectivity index (χ4n) is 3.39. The second-order valence-corrected chi connectivity index (χ2v) is 6.02. The van der Waals surface area contributed by atoms with Gasteiger partial charge in [-0.15, -0.1) is 0 Å². The van der Waals surface area contributed by atoms with Crippen molar-refractivity contribution in [2.45, 2.75) is 13.0 Å². The smallest absolute Gasteiger partial charge is 0.343 e. The lowest BCUT2D eigenvalue weighted by atomic mass is 10.0. The Morgan fingerprint density at radius 3 is 2.84 bits per heavy atom. The lowest BCUT2D eigenvalue weighted by Gasteiger charge is -2.28. The quantitative estimate of drug-likeness (QED) is 0.744. The second kappa shape index (κ2) is 6.12. The Balaban J connectivity index is 1.68. The molecule has 0 unspecified atom stereocenters. The molecule has 0 spiro atoms. The Hall–Kier alpha value is -3.02. The van der Waals surface area contributed by atoms with Crippen LogP contribution in [-0.4, -0.2) is 36.7 Å². The molecule has 1 N–H and O–H groups in total. The van der Waals surface area contributed by atoms with Gasteiger partial charge in [0, 0.05) is 41.7 Å². The lowest BCUT2D eigenvalue weighted by Crippen LogP contribution is -2.31. The van der Waals surface area contributed by atoms with E-state index in [4.69, 9.17) is 9.47 Å². The fourth-order valence-corrected chi connectivity index (χ4v) is 3.39. The van der Waals surface area contributed by atoms with Crippen LogP contribution >= 0.6 is 0 Å². The number of para-hydroxylation sites is 1. The van der Waals surface area contributed by atoms with E-state index in [2.05, 4.69) is 33.1 Å². The van der Waals surface area contributed by atoms with E-state index in [1.54, 1.807) is 6.07 Å². The van der Waals surface area contributed by atoms with Crippen LogP contribution in [0.1, 0.15) is 21.6 Å². The first kappa shape index (κ1) is 15.5. The number of carbonyl (C=O) groups excluding carboxylic acids is 1. The molecule has 0 bridgehead atoms. The molecular formula is C19H19N3O3. The Morgan fingerprint density at radius 2 is 2.04 bits per heavy atom. The number of ether oxygens (including phenoxy) is 2. The van der Waals surface area contributed by atoms with Crippen LogP contribution in [-0.2, 0) is 17.7 Å². The predicted octanol–water partition coefficient (Wildman–Crippen LogP) is 2.92. The Kier molecular flexibility index (Phi) is 3.80. The number of anilines is 1. The maximum atomic E-state index is 11.8. The second-order valence-electron chi connectivity index (χ2n) is 6.02. The number of carbonyl (C=O) groups is 1. The van der Waals surface area contributed by atoms with Gasteiger partial charge in [0.25, 0.3) is 0 Å². The molecule has 0 saturated heterocycles. The Labute approximate surface area is 145 Å². The minimum atomic E-state index is -0.451. The zero-order chi connectivity index (χ0) is 17.4. The largest absolute Gasteiger partial charge is 0.480 e. The third kappa shape index (κ3) is 2.59. The van der Waals surface area contributed by atoms with Crippen molar-refractivity contribution >= 4 is 22.7 Å². The van der Waals surface area contributed by atoms with Crippen LogP contribution in [0.5, 0.6) is 5.88 Å². The number of rotatable bonds is 3. The standard InChI is InChI=1S/C19H19N3O3/c1-24-18-13(19(23)25-2)7-8-17(21-18)22-10-9-16-14(11-22)12-5-3-4-6-15(12)20-16/h3-8,20H,9-11H2,1-2H3. The number of benzene rings is 1. The van der Waals surface area contributed by atoms with Crippen LogP contribution in [0, 0.1) is 0 Å². The van der Waals surface area contributed by atoms with Crippen molar-refractivity contribution in [1.82, 2.24) is 9.97 Å². The maximum absolute atomic E-state index is 11.8. The van der Waals surface area contributed by atoms with E-state index in [0.717, 1.165) is 25.3 Å². The van der Waals surface area contributed by atoms with Crippen LogP contribution in [0.4, 0.5) is 5.82 Å². The third-order valence-electron chi connectivity index (χ3n) is 4.65. The van der Waals surface area contributed by atoms with Gasteiger partial charge in [-0.1, -0.05) is 18.2 Å². The summed E-state index contributed by atoms with van der Waals surface area (Å²) in [5.41, 5.74) is 4.09. The van der Waals surface area contributed by atoms with Gasteiger partial charge in [0.15, 0.2) is 0 Å². The number of hydrogen-bond acceptors (Lipinski definition) is 5. The van der Waals surface area contributed by atoms with Gasteiger partial charge in [0.2, 0.25) is 5.88 Å². The van der Waals surface area contributed by atoms with Crippen molar-refractivity contribution < 1.29 is 14.3 Å². The van der Waals surface area contributed by atoms with E-state index in [0.29, 0.717) is 5.56 Å². The lowest BCUT2D eigenvalue weighted by molar-refractivity contribution is 0.0596. The van der Waals surface area contributed by atoms with Crippen LogP contribution in [0.15, 0.2) is 36.4 Å². The Morgan fingerprint density at radius 1 is 1.20 bits per heavy atom. The highest BCUT2D eigenvalue weighted by molar-refractivity contribution is 5.92. The zero-order valence-corrected chi connectivity index (χ0v) is 14.2. The van der Waals surface area contributed by atoms with Crippen LogP contribution < -0.4 is 9.64 Å². The minimum absolute atomic E-state index is 0.286. The van der Waals surface area contributed by atoms with Crippen molar-refractivity contribution in [3.63, 3.8) is 0 Å². The van der Waals surface area contributed by atoms with E-state index in [1.165, 1.54) is 36.4 Å². The average molecular weight is 337 g/mol. The molecule has 0 fully saturated rings. The number of methoxy groups -OCH3 is 2. The normalized spacial score (nSPS) is 13.6. The average Bonchev–Trinajstić information content (AvgIpc) is 3.04. The zero-order valence-electron chi connectivity index (χ0n) is 14.2. The van der Waals surface area contributed by atoms with Gasteiger partial charge in [-0.3, -0.25) is 0 Å². The minimum Gasteiger partial charge on any atom is -0.480 e. The molecule has 4 rings (SSSR count). The van der Waals surface area contributed by atoms with Crippen molar-refractivity contribution in [3.8, 4) is 5.88 Å². The maximum Gasteiger partial charge on any atom is 0.343 e. The number of pyridine rings is 1. The van der Waals surface area contributed by atoms with Crippen molar-refractivity contribution in [2.75, 3.05) is 25.7 Å². The molecule has 1 aliphatic heterocycles. The third-order valence-corrected chi connectivity index (χ3v) is 4.65. The predicted molar refractivity (Wildman–Crippen MR) is 95.2 cm³/mol. The van der Waals surface area contributed by atoms with Gasteiger partial charge >= 0.3 is 5.97 Å². The summed E-state index contributed by atoms with van der Waals surface area (Å²) in [6, 6.07) is 11.9. The van der Waals surface area contributed by atoms with Gasteiger partial charge < -0.3 is 19.4 Å². The molecule has 3 heterocycles. The molecule has 0 aliphatic carbocycles. The van der Waals surface area contributed by atoms with Crippen LogP contribution in [0.25, 0.3) is 10.9 Å². The molecular weight excluding hydrogens is 318 g/mol. The summed E-state index contributed by atoms with van der Waals surface area (Å²) >= 11 is 0. The molecule has 0 radical (unpaired) electrons. The Bertz CT molecular complexity index is 948. The molecule has 1 aromatic carbocycles. The summed E-state index contributed by atoms with van der Waals surface area (Å²) in [5.74, 6) is 0.628. The first-order chi connectivity index (χ1) is 12.2.